The lowest BCUT2D eigenvalue weighted by molar-refractivity contribution is 0.214. The topological polar surface area (TPSA) is 38.7 Å². The molecule has 1 N–H and O–H groups in total. The predicted molar refractivity (Wildman–Crippen MR) is 79.8 cm³/mol. The van der Waals surface area contributed by atoms with Crippen molar-refractivity contribution in [1.29, 1.82) is 0 Å². The Morgan fingerprint density at radius 2 is 1.85 bits per heavy atom. The third kappa shape index (κ3) is 2.74. The Balaban J connectivity index is 2.49. The summed E-state index contributed by atoms with van der Waals surface area (Å²) in [4.78, 5) is 0. The quantitative estimate of drug-likeness (QED) is 0.933. The molecule has 0 spiro atoms. The molecule has 0 saturated carbocycles. The average Bonchev–Trinajstić information content (AvgIpc) is 2.46. The lowest BCUT2D eigenvalue weighted by Gasteiger charge is -2.18. The van der Waals surface area contributed by atoms with Crippen LogP contribution in [0.5, 0.6) is 11.5 Å². The van der Waals surface area contributed by atoms with E-state index in [-0.39, 0.29) is 0 Å². The summed E-state index contributed by atoms with van der Waals surface area (Å²) in [6.45, 7) is 1.98. The molecule has 0 aromatic heterocycles. The fraction of sp³-hybridized carbons (Fsp3) is 0.250. The van der Waals surface area contributed by atoms with Gasteiger partial charge in [0.05, 0.1) is 14.2 Å². The summed E-state index contributed by atoms with van der Waals surface area (Å²) in [5.41, 5.74) is 2.49. The minimum atomic E-state index is -0.798. The summed E-state index contributed by atoms with van der Waals surface area (Å²) in [5, 5.41) is 10.9. The lowest BCUT2D eigenvalue weighted by atomic mass is 9.99. The Bertz CT molecular complexity index is 611. The molecule has 2 aromatic rings. The molecule has 0 heterocycles. The molecule has 4 heteroatoms. The first kappa shape index (κ1) is 14.7. The van der Waals surface area contributed by atoms with Gasteiger partial charge in [0, 0.05) is 5.56 Å². The number of rotatable bonds is 4. The molecule has 1 unspecified atom stereocenters. The Morgan fingerprint density at radius 3 is 2.45 bits per heavy atom. The first-order valence-electron chi connectivity index (χ1n) is 6.23. The number of ether oxygens (including phenoxy) is 2. The van der Waals surface area contributed by atoms with Gasteiger partial charge in [0.2, 0.25) is 0 Å². The standard InChI is InChI=1S/C16H17ClO3/c1-10-5-4-6-11(9-10)15(18)12-7-8-13(19-2)14(17)16(12)20-3/h4-9,15,18H,1-3H3. The van der Waals surface area contributed by atoms with Crippen LogP contribution >= 0.6 is 11.6 Å². The number of hydrogen-bond donors (Lipinski definition) is 1. The monoisotopic (exact) mass is 292 g/mol. The third-order valence-electron chi connectivity index (χ3n) is 3.17. The maximum Gasteiger partial charge on any atom is 0.147 e. The van der Waals surface area contributed by atoms with Crippen LogP contribution < -0.4 is 9.47 Å². The van der Waals surface area contributed by atoms with Gasteiger partial charge in [-0.05, 0) is 24.6 Å². The third-order valence-corrected chi connectivity index (χ3v) is 3.53. The zero-order valence-electron chi connectivity index (χ0n) is 11.7. The molecule has 3 nitrogen and oxygen atoms in total. The second-order valence-corrected chi connectivity index (χ2v) is 4.90. The van der Waals surface area contributed by atoms with Gasteiger partial charge >= 0.3 is 0 Å². The second-order valence-electron chi connectivity index (χ2n) is 4.52. The molecule has 2 aromatic carbocycles. The van der Waals surface area contributed by atoms with E-state index < -0.39 is 6.10 Å². The van der Waals surface area contributed by atoms with E-state index in [1.807, 2.05) is 31.2 Å². The highest BCUT2D eigenvalue weighted by Gasteiger charge is 2.20. The summed E-state index contributed by atoms with van der Waals surface area (Å²) in [6, 6.07) is 11.2. The van der Waals surface area contributed by atoms with Crippen molar-refractivity contribution < 1.29 is 14.6 Å². The Morgan fingerprint density at radius 1 is 1.10 bits per heavy atom. The predicted octanol–water partition coefficient (Wildman–Crippen LogP) is 3.75. The minimum absolute atomic E-state index is 0.360. The number of methoxy groups -OCH3 is 2. The van der Waals surface area contributed by atoms with Crippen LogP contribution in [0.2, 0.25) is 5.02 Å². The summed E-state index contributed by atoms with van der Waals surface area (Å²) in [6.07, 6.45) is -0.798. The molecule has 1 atom stereocenters. The number of aliphatic hydroxyl groups is 1. The molecule has 0 fully saturated rings. The van der Waals surface area contributed by atoms with Crippen LogP contribution in [0.4, 0.5) is 0 Å². The number of halogens is 1. The Kier molecular flexibility index (Phi) is 4.53. The van der Waals surface area contributed by atoms with Crippen molar-refractivity contribution >= 4 is 11.6 Å². The SMILES string of the molecule is COc1ccc(C(O)c2cccc(C)c2)c(OC)c1Cl. The number of aliphatic hydroxyl groups excluding tert-OH is 1. The van der Waals surface area contributed by atoms with Crippen molar-refractivity contribution in [3.8, 4) is 11.5 Å². The van der Waals surface area contributed by atoms with E-state index in [0.29, 0.717) is 22.1 Å². The summed E-state index contributed by atoms with van der Waals surface area (Å²) in [7, 11) is 3.06. The molecular weight excluding hydrogens is 276 g/mol. The van der Waals surface area contributed by atoms with Crippen LogP contribution in [0.15, 0.2) is 36.4 Å². The maximum atomic E-state index is 10.5. The van der Waals surface area contributed by atoms with Crippen molar-refractivity contribution in [2.24, 2.45) is 0 Å². The molecule has 0 saturated heterocycles. The molecule has 0 aliphatic rings. The Labute approximate surface area is 123 Å². The van der Waals surface area contributed by atoms with Crippen molar-refractivity contribution in [3.05, 3.63) is 58.1 Å². The van der Waals surface area contributed by atoms with E-state index in [0.717, 1.165) is 11.1 Å². The molecule has 0 aliphatic carbocycles. The van der Waals surface area contributed by atoms with Crippen molar-refractivity contribution in [3.63, 3.8) is 0 Å². The fourth-order valence-corrected chi connectivity index (χ4v) is 2.48. The summed E-state index contributed by atoms with van der Waals surface area (Å²) in [5.74, 6) is 0.948. The first-order chi connectivity index (χ1) is 9.58. The smallest absolute Gasteiger partial charge is 0.147 e. The van der Waals surface area contributed by atoms with Gasteiger partial charge in [0.15, 0.2) is 0 Å². The van der Waals surface area contributed by atoms with Gasteiger partial charge in [-0.3, -0.25) is 0 Å². The Hall–Kier alpha value is -1.71. The van der Waals surface area contributed by atoms with Gasteiger partial charge in [-0.1, -0.05) is 41.4 Å². The molecule has 0 aliphatic heterocycles. The first-order valence-corrected chi connectivity index (χ1v) is 6.61. The highest BCUT2D eigenvalue weighted by Crippen LogP contribution is 2.40. The largest absolute Gasteiger partial charge is 0.495 e. The van der Waals surface area contributed by atoms with Gasteiger partial charge in [0.1, 0.15) is 22.6 Å². The van der Waals surface area contributed by atoms with Crippen LogP contribution in [0.3, 0.4) is 0 Å². The van der Waals surface area contributed by atoms with Crippen LogP contribution in [0, 0.1) is 6.92 Å². The normalized spacial score (nSPS) is 12.1. The summed E-state index contributed by atoms with van der Waals surface area (Å²) < 4.78 is 10.5. The average molecular weight is 293 g/mol. The van der Waals surface area contributed by atoms with E-state index in [2.05, 4.69) is 0 Å². The fourth-order valence-electron chi connectivity index (χ4n) is 2.15. The molecule has 106 valence electrons. The van der Waals surface area contributed by atoms with Crippen molar-refractivity contribution in [2.45, 2.75) is 13.0 Å². The van der Waals surface area contributed by atoms with E-state index in [1.165, 1.54) is 14.2 Å². The van der Waals surface area contributed by atoms with Crippen molar-refractivity contribution in [2.75, 3.05) is 14.2 Å². The van der Waals surface area contributed by atoms with Crippen LogP contribution in [-0.4, -0.2) is 19.3 Å². The minimum Gasteiger partial charge on any atom is -0.495 e. The molecule has 0 bridgehead atoms. The van der Waals surface area contributed by atoms with E-state index in [9.17, 15) is 5.11 Å². The maximum absolute atomic E-state index is 10.5. The van der Waals surface area contributed by atoms with Gasteiger partial charge < -0.3 is 14.6 Å². The van der Waals surface area contributed by atoms with Crippen LogP contribution in [0.25, 0.3) is 0 Å². The zero-order valence-corrected chi connectivity index (χ0v) is 12.4. The van der Waals surface area contributed by atoms with Gasteiger partial charge in [0.25, 0.3) is 0 Å². The van der Waals surface area contributed by atoms with Crippen LogP contribution in [-0.2, 0) is 0 Å². The number of benzene rings is 2. The molecule has 20 heavy (non-hydrogen) atoms. The highest BCUT2D eigenvalue weighted by molar-refractivity contribution is 6.33. The van der Waals surface area contributed by atoms with Crippen LogP contribution in [0.1, 0.15) is 22.8 Å². The number of aryl methyl sites for hydroxylation is 1. The van der Waals surface area contributed by atoms with E-state index >= 15 is 0 Å². The molecular formula is C16H17ClO3. The van der Waals surface area contributed by atoms with E-state index in [1.54, 1.807) is 12.1 Å². The van der Waals surface area contributed by atoms with Gasteiger partial charge in [-0.15, -0.1) is 0 Å². The van der Waals surface area contributed by atoms with Gasteiger partial charge in [-0.25, -0.2) is 0 Å². The molecule has 0 radical (unpaired) electrons. The summed E-state index contributed by atoms with van der Waals surface area (Å²) >= 11 is 6.22. The molecule has 2 rings (SSSR count). The lowest BCUT2D eigenvalue weighted by Crippen LogP contribution is -2.04. The van der Waals surface area contributed by atoms with Crippen molar-refractivity contribution in [1.82, 2.24) is 0 Å². The van der Waals surface area contributed by atoms with E-state index in [4.69, 9.17) is 21.1 Å². The second kappa shape index (κ2) is 6.16. The van der Waals surface area contributed by atoms with Gasteiger partial charge in [-0.2, -0.15) is 0 Å². The number of hydrogen-bond acceptors (Lipinski definition) is 3. The highest BCUT2D eigenvalue weighted by atomic mass is 35.5. The zero-order chi connectivity index (χ0) is 14.7. The molecule has 0 amide bonds.